The van der Waals surface area contributed by atoms with Gasteiger partial charge in [-0.25, -0.2) is 13.4 Å². The number of aromatic nitrogens is 1. The van der Waals surface area contributed by atoms with E-state index in [0.29, 0.717) is 16.9 Å². The van der Waals surface area contributed by atoms with Crippen molar-refractivity contribution >= 4 is 33.1 Å². The second-order valence-electron chi connectivity index (χ2n) is 7.41. The van der Waals surface area contributed by atoms with Crippen molar-refractivity contribution in [2.24, 2.45) is 0 Å². The molecule has 2 heterocycles. The van der Waals surface area contributed by atoms with Crippen LogP contribution in [0.3, 0.4) is 0 Å². The van der Waals surface area contributed by atoms with Crippen LogP contribution in [-0.4, -0.2) is 32.4 Å². The van der Waals surface area contributed by atoms with Crippen molar-refractivity contribution in [1.29, 1.82) is 0 Å². The minimum Gasteiger partial charge on any atom is -0.357 e. The number of benzene rings is 2. The molecule has 2 N–H and O–H groups in total. The third kappa shape index (κ3) is 5.21. The number of carbonyl (C=O) groups is 1. The molecule has 0 unspecified atom stereocenters. The summed E-state index contributed by atoms with van der Waals surface area (Å²) < 4.78 is 27.5. The monoisotopic (exact) mass is 436 g/mol. The van der Waals surface area contributed by atoms with Gasteiger partial charge >= 0.3 is 0 Å². The summed E-state index contributed by atoms with van der Waals surface area (Å²) in [6.07, 6.45) is 5.24. The van der Waals surface area contributed by atoms with Crippen molar-refractivity contribution in [3.63, 3.8) is 0 Å². The van der Waals surface area contributed by atoms with Gasteiger partial charge in [0.1, 0.15) is 5.82 Å². The number of sulfonamides is 1. The molecular weight excluding hydrogens is 412 g/mol. The number of carbonyl (C=O) groups excluding carboxylic acids is 1. The van der Waals surface area contributed by atoms with Gasteiger partial charge in [0.05, 0.1) is 16.8 Å². The largest absolute Gasteiger partial charge is 0.357 e. The molecule has 1 aliphatic heterocycles. The number of nitrogens with zero attached hydrogens (tertiary/aromatic N) is 2. The summed E-state index contributed by atoms with van der Waals surface area (Å²) in [6.45, 7) is 2.01. The van der Waals surface area contributed by atoms with Crippen molar-refractivity contribution in [3.8, 4) is 0 Å². The Balaban J connectivity index is 1.43. The lowest BCUT2D eigenvalue weighted by molar-refractivity contribution is 0.102. The van der Waals surface area contributed by atoms with Gasteiger partial charge in [-0.2, -0.15) is 0 Å². The van der Waals surface area contributed by atoms with Crippen LogP contribution in [0.25, 0.3) is 0 Å². The first-order valence-electron chi connectivity index (χ1n) is 10.2. The summed E-state index contributed by atoms with van der Waals surface area (Å²) in [7, 11) is -3.73. The van der Waals surface area contributed by atoms with Crippen LogP contribution in [0.1, 0.15) is 29.6 Å². The number of rotatable bonds is 6. The molecule has 8 heteroatoms. The van der Waals surface area contributed by atoms with E-state index in [-0.39, 0.29) is 10.8 Å². The third-order valence-corrected chi connectivity index (χ3v) is 6.51. The average Bonchev–Trinajstić information content (AvgIpc) is 2.81. The lowest BCUT2D eigenvalue weighted by atomic mass is 10.1. The van der Waals surface area contributed by atoms with Crippen LogP contribution < -0.4 is 14.9 Å². The number of amides is 1. The maximum absolute atomic E-state index is 12.7. The summed E-state index contributed by atoms with van der Waals surface area (Å²) >= 11 is 0. The van der Waals surface area contributed by atoms with Gasteiger partial charge in [0.25, 0.3) is 15.9 Å². The Bertz CT molecular complexity index is 1140. The van der Waals surface area contributed by atoms with Gasteiger partial charge in [-0.1, -0.05) is 24.3 Å². The smallest absolute Gasteiger partial charge is 0.261 e. The van der Waals surface area contributed by atoms with Gasteiger partial charge in [0.15, 0.2) is 0 Å². The van der Waals surface area contributed by atoms with Crippen LogP contribution in [0, 0.1) is 0 Å². The summed E-state index contributed by atoms with van der Waals surface area (Å²) in [5.41, 5.74) is 1.24. The Hall–Kier alpha value is -3.39. The van der Waals surface area contributed by atoms with Crippen LogP contribution in [-0.2, 0) is 10.0 Å². The predicted molar refractivity (Wildman–Crippen MR) is 122 cm³/mol. The van der Waals surface area contributed by atoms with Crippen LogP contribution >= 0.6 is 0 Å². The van der Waals surface area contributed by atoms with E-state index in [4.69, 9.17) is 0 Å². The number of pyridine rings is 1. The molecule has 1 amide bonds. The van der Waals surface area contributed by atoms with E-state index in [1.54, 1.807) is 42.6 Å². The zero-order valence-corrected chi connectivity index (χ0v) is 17.8. The van der Waals surface area contributed by atoms with E-state index in [9.17, 15) is 13.2 Å². The summed E-state index contributed by atoms with van der Waals surface area (Å²) in [5.74, 6) is 0.572. The topological polar surface area (TPSA) is 91.4 Å². The predicted octanol–water partition coefficient (Wildman–Crippen LogP) is 4.13. The maximum Gasteiger partial charge on any atom is 0.261 e. The molecule has 1 fully saturated rings. The molecule has 2 aromatic carbocycles. The molecule has 0 radical (unpaired) electrons. The van der Waals surface area contributed by atoms with E-state index in [2.05, 4.69) is 19.9 Å². The second-order valence-corrected chi connectivity index (χ2v) is 9.09. The van der Waals surface area contributed by atoms with Crippen molar-refractivity contribution in [2.45, 2.75) is 24.2 Å². The molecular formula is C23H24N4O3S. The molecule has 7 nitrogen and oxygen atoms in total. The van der Waals surface area contributed by atoms with Crippen molar-refractivity contribution in [3.05, 3.63) is 78.5 Å². The Morgan fingerprint density at radius 1 is 0.871 bits per heavy atom. The molecule has 0 aliphatic carbocycles. The molecule has 31 heavy (non-hydrogen) atoms. The lowest BCUT2D eigenvalue weighted by Crippen LogP contribution is -2.30. The molecule has 0 saturated carbocycles. The maximum atomic E-state index is 12.7. The SMILES string of the molecule is O=C(Nc1ccc(N2CCCCC2)nc1)c1cccc(NS(=O)(=O)c2ccccc2)c1. The summed E-state index contributed by atoms with van der Waals surface area (Å²) in [4.78, 5) is 19.5. The van der Waals surface area contributed by atoms with Crippen LogP contribution in [0.4, 0.5) is 17.2 Å². The van der Waals surface area contributed by atoms with E-state index in [0.717, 1.165) is 18.9 Å². The zero-order chi connectivity index (χ0) is 21.7. The van der Waals surface area contributed by atoms with Crippen LogP contribution in [0.5, 0.6) is 0 Å². The standard InChI is InChI=1S/C23H24N4O3S/c28-23(25-20-12-13-22(24-17-20)27-14-5-2-6-15-27)18-8-7-9-19(16-18)26-31(29,30)21-10-3-1-4-11-21/h1,3-4,7-13,16-17,26H,2,5-6,14-15H2,(H,25,28). The Labute approximate surface area is 182 Å². The van der Waals surface area contributed by atoms with Gasteiger partial charge in [0.2, 0.25) is 0 Å². The van der Waals surface area contributed by atoms with E-state index < -0.39 is 10.0 Å². The van der Waals surface area contributed by atoms with E-state index >= 15 is 0 Å². The zero-order valence-electron chi connectivity index (χ0n) is 17.0. The van der Waals surface area contributed by atoms with E-state index in [1.165, 1.54) is 37.5 Å². The van der Waals surface area contributed by atoms with E-state index in [1.807, 2.05) is 12.1 Å². The van der Waals surface area contributed by atoms with Crippen molar-refractivity contribution < 1.29 is 13.2 Å². The fourth-order valence-corrected chi connectivity index (χ4v) is 4.58. The summed E-state index contributed by atoms with van der Waals surface area (Å²) in [5, 5.41) is 2.81. The first-order chi connectivity index (χ1) is 15.0. The molecule has 160 valence electrons. The molecule has 1 aromatic heterocycles. The first kappa shape index (κ1) is 20.9. The highest BCUT2D eigenvalue weighted by atomic mass is 32.2. The summed E-state index contributed by atoms with van der Waals surface area (Å²) in [6, 6.07) is 18.2. The highest BCUT2D eigenvalue weighted by Gasteiger charge is 2.15. The number of hydrogen-bond donors (Lipinski definition) is 2. The highest BCUT2D eigenvalue weighted by Crippen LogP contribution is 2.20. The molecule has 0 atom stereocenters. The fourth-order valence-electron chi connectivity index (χ4n) is 3.51. The third-order valence-electron chi connectivity index (χ3n) is 5.12. The number of hydrogen-bond acceptors (Lipinski definition) is 5. The Morgan fingerprint density at radius 3 is 2.35 bits per heavy atom. The molecule has 4 rings (SSSR count). The van der Waals surface area contributed by atoms with Gasteiger partial charge in [-0.15, -0.1) is 0 Å². The molecule has 3 aromatic rings. The quantitative estimate of drug-likeness (QED) is 0.606. The number of anilines is 3. The fraction of sp³-hybridized carbons (Fsp3) is 0.217. The average molecular weight is 437 g/mol. The highest BCUT2D eigenvalue weighted by molar-refractivity contribution is 7.92. The molecule has 1 saturated heterocycles. The van der Waals surface area contributed by atoms with Gasteiger partial charge < -0.3 is 10.2 Å². The minimum absolute atomic E-state index is 0.157. The number of nitrogens with one attached hydrogen (secondary N) is 2. The Morgan fingerprint density at radius 2 is 1.65 bits per heavy atom. The minimum atomic E-state index is -3.73. The van der Waals surface area contributed by atoms with Crippen LogP contribution in [0.15, 0.2) is 77.8 Å². The van der Waals surface area contributed by atoms with Crippen LogP contribution in [0.2, 0.25) is 0 Å². The molecule has 0 spiro atoms. The van der Waals surface area contributed by atoms with Crippen molar-refractivity contribution in [1.82, 2.24) is 4.98 Å². The van der Waals surface area contributed by atoms with Gasteiger partial charge in [-0.05, 0) is 61.7 Å². The Kier molecular flexibility index (Phi) is 6.18. The first-order valence-corrected chi connectivity index (χ1v) is 11.7. The molecule has 0 bridgehead atoms. The van der Waals surface area contributed by atoms with Crippen molar-refractivity contribution in [2.75, 3.05) is 28.0 Å². The van der Waals surface area contributed by atoms with Gasteiger partial charge in [-0.3, -0.25) is 9.52 Å². The normalized spacial score (nSPS) is 14.1. The van der Waals surface area contributed by atoms with Gasteiger partial charge in [0, 0.05) is 24.3 Å². The second kappa shape index (κ2) is 9.18. The number of piperidine rings is 1. The lowest BCUT2D eigenvalue weighted by Gasteiger charge is -2.27. The molecule has 1 aliphatic rings.